The Balaban J connectivity index is 1.44. The lowest BCUT2D eigenvalue weighted by atomic mass is 9.38. The number of phosphoric ester groups is 1. The summed E-state index contributed by atoms with van der Waals surface area (Å²) in [6.07, 6.45) is 9.65. The van der Waals surface area contributed by atoms with Gasteiger partial charge in [-0.3, -0.25) is 19.8 Å². The van der Waals surface area contributed by atoms with Gasteiger partial charge in [0, 0.05) is 65.1 Å². The van der Waals surface area contributed by atoms with E-state index >= 15 is 9.59 Å². The van der Waals surface area contributed by atoms with Gasteiger partial charge in [-0.05, 0) is 85.3 Å². The molecule has 6 N–H and O–H groups in total. The number of hydrogen-bond acceptors (Lipinski definition) is 15. The van der Waals surface area contributed by atoms with Crippen molar-refractivity contribution in [2.75, 3.05) is 20.2 Å². The molecular formula is C50H61N2O17P3. The molecule has 2 aromatic carbocycles. The second-order valence-electron chi connectivity index (χ2n) is 20.9. The molecule has 0 radical (unpaired) electrons. The molecule has 4 fully saturated rings. The number of hydrogen-bond donors (Lipinski definition) is 6. The second kappa shape index (κ2) is 17.8. The number of esters is 1. The topological polar surface area (TPSA) is 274 Å². The van der Waals surface area contributed by atoms with E-state index in [2.05, 4.69) is 13.9 Å². The molecule has 10 rings (SSSR count). The maximum absolute atomic E-state index is 15.8. The van der Waals surface area contributed by atoms with Crippen LogP contribution in [-0.2, 0) is 48.7 Å². The molecule has 388 valence electrons. The maximum Gasteiger partial charge on any atom is 0.536 e. The Labute approximate surface area is 417 Å². The number of carbonyl (C=O) groups is 3. The highest BCUT2D eigenvalue weighted by Gasteiger charge is 2.84. The van der Waals surface area contributed by atoms with Crippen molar-refractivity contribution >= 4 is 52.8 Å². The highest BCUT2D eigenvalue weighted by atomic mass is 31.3. The molecule has 4 aliphatic heterocycles. The van der Waals surface area contributed by atoms with Gasteiger partial charge in [-0.1, -0.05) is 67.5 Å². The summed E-state index contributed by atoms with van der Waals surface area (Å²) in [5.41, 5.74) is -2.92. The molecule has 72 heavy (non-hydrogen) atoms. The average molecular weight is 1050 g/mol. The van der Waals surface area contributed by atoms with Crippen molar-refractivity contribution in [1.82, 2.24) is 10.2 Å². The molecule has 0 aromatic heterocycles. The number of Topliss-reactive ketones (excluding diaryl/α,β-unsaturated/α-hetero) is 2. The summed E-state index contributed by atoms with van der Waals surface area (Å²) < 4.78 is 73.9. The van der Waals surface area contributed by atoms with Crippen LogP contribution in [-0.4, -0.2) is 84.1 Å². The van der Waals surface area contributed by atoms with Gasteiger partial charge in [0.25, 0.3) is 0 Å². The monoisotopic (exact) mass is 1050 g/mol. The van der Waals surface area contributed by atoms with Crippen LogP contribution in [0.5, 0.6) is 17.2 Å². The van der Waals surface area contributed by atoms with E-state index in [1.165, 1.54) is 20.1 Å². The normalized spacial score (nSPS) is 31.2. The highest BCUT2D eigenvalue weighted by molar-refractivity contribution is 7.66. The third kappa shape index (κ3) is 8.10. The first-order chi connectivity index (χ1) is 33.6. The van der Waals surface area contributed by atoms with Crippen LogP contribution in [0.4, 0.5) is 0 Å². The van der Waals surface area contributed by atoms with Gasteiger partial charge >= 0.3 is 29.4 Å². The lowest BCUT2D eigenvalue weighted by Gasteiger charge is -2.73. The Kier molecular flexibility index (Phi) is 13.0. The molecular weight excluding hydrogens is 993 g/mol. The molecule has 1 saturated heterocycles. The number of aliphatic hydroxyl groups is 1. The van der Waals surface area contributed by atoms with Gasteiger partial charge in [0.15, 0.2) is 28.5 Å². The van der Waals surface area contributed by atoms with Gasteiger partial charge < -0.3 is 43.4 Å². The van der Waals surface area contributed by atoms with E-state index in [1.807, 2.05) is 65.5 Å². The summed E-state index contributed by atoms with van der Waals surface area (Å²) >= 11 is 0. The van der Waals surface area contributed by atoms with E-state index in [9.17, 15) is 43.2 Å². The molecule has 4 heterocycles. The molecule has 2 spiro atoms. The number of allylic oxidation sites excluding steroid dienone is 5. The molecule has 0 amide bonds. The third-order valence-corrected chi connectivity index (χ3v) is 19.2. The van der Waals surface area contributed by atoms with Crippen molar-refractivity contribution in [1.29, 1.82) is 0 Å². The first kappa shape index (κ1) is 52.4. The zero-order valence-electron chi connectivity index (χ0n) is 41.5. The van der Waals surface area contributed by atoms with Gasteiger partial charge in [-0.2, -0.15) is 8.62 Å². The number of fused-ring (bicyclic) bond motifs is 7. The summed E-state index contributed by atoms with van der Waals surface area (Å²) in [5.74, 6) is -6.12. The van der Waals surface area contributed by atoms with Gasteiger partial charge in [0.2, 0.25) is 0 Å². The Bertz CT molecular complexity index is 3020. The minimum absolute atomic E-state index is 0.0361. The van der Waals surface area contributed by atoms with Crippen LogP contribution >= 0.6 is 23.5 Å². The number of benzene rings is 2. The number of ketones is 2. The van der Waals surface area contributed by atoms with E-state index in [0.717, 1.165) is 11.1 Å². The van der Waals surface area contributed by atoms with Crippen LogP contribution in [0, 0.1) is 29.6 Å². The summed E-state index contributed by atoms with van der Waals surface area (Å²) in [6, 6.07) is 7.04. The van der Waals surface area contributed by atoms with Crippen molar-refractivity contribution in [3.8, 4) is 17.2 Å². The molecule has 2 bridgehead atoms. The summed E-state index contributed by atoms with van der Waals surface area (Å²) in [7, 11) is -16.7. The van der Waals surface area contributed by atoms with Crippen molar-refractivity contribution in [2.24, 2.45) is 29.6 Å². The standard InChI is InChI=1S/C50H61N2O17P3/c1-26(2)13-12-20-47(8)21-19-33-41(65-47)32(17-16-27(3)4)42-38(43(33)67-71(60,61)69-72(62,63)68-70(57,58)59)50-44-36(37-39(52(50)24-23-51-50)30-14-10-11-15-31(30)40(37)53)34-25-35(28(5)6)49(44,66-42)48(56,45(34)54)22-18-29(7)46(55)64-9/h10-11,13-16,18-19,21,28,34-36,44,51,56H,12,17,20,22-25H2,1-9H3,(H,60,61)(H,62,63)(H2,57,58,59)/b29-18-. The summed E-state index contributed by atoms with van der Waals surface area (Å²) in [6.45, 7) is 15.4. The number of rotatable bonds is 15. The van der Waals surface area contributed by atoms with Crippen molar-refractivity contribution in [3.05, 3.63) is 98.7 Å². The Morgan fingerprint density at radius 2 is 1.62 bits per heavy atom. The van der Waals surface area contributed by atoms with Crippen LogP contribution in [0.1, 0.15) is 114 Å². The maximum atomic E-state index is 15.8. The molecule has 19 nitrogen and oxygen atoms in total. The Morgan fingerprint density at radius 3 is 2.26 bits per heavy atom. The zero-order chi connectivity index (χ0) is 52.5. The van der Waals surface area contributed by atoms with Crippen LogP contribution in [0.25, 0.3) is 11.8 Å². The number of nitrogens with one attached hydrogen (secondary N) is 1. The number of ether oxygens (including phenoxy) is 3. The molecule has 10 atom stereocenters. The largest absolute Gasteiger partial charge is 0.536 e. The summed E-state index contributed by atoms with van der Waals surface area (Å²) in [5, 5.41) is 17.7. The predicted octanol–water partition coefficient (Wildman–Crippen LogP) is 7.97. The van der Waals surface area contributed by atoms with Gasteiger partial charge in [0.05, 0.1) is 29.9 Å². The van der Waals surface area contributed by atoms with Crippen molar-refractivity contribution in [2.45, 2.75) is 110 Å². The molecule has 3 saturated carbocycles. The Morgan fingerprint density at radius 1 is 0.944 bits per heavy atom. The van der Waals surface area contributed by atoms with E-state index in [4.69, 9.17) is 18.7 Å². The van der Waals surface area contributed by atoms with E-state index in [1.54, 1.807) is 36.4 Å². The highest BCUT2D eigenvalue weighted by Crippen LogP contribution is 2.76. The number of phosphoric acid groups is 3. The van der Waals surface area contributed by atoms with E-state index < -0.39 is 93.5 Å². The van der Waals surface area contributed by atoms with Crippen molar-refractivity contribution < 1.29 is 80.1 Å². The van der Waals surface area contributed by atoms with Crippen LogP contribution in [0.3, 0.4) is 0 Å². The quantitative estimate of drug-likeness (QED) is 0.0427. The van der Waals surface area contributed by atoms with E-state index in [-0.39, 0.29) is 65.8 Å². The fourth-order valence-electron chi connectivity index (χ4n) is 12.8. The fourth-order valence-corrected chi connectivity index (χ4v) is 15.9. The van der Waals surface area contributed by atoms with Crippen LogP contribution in [0.15, 0.2) is 70.9 Å². The second-order valence-corrected chi connectivity index (χ2v) is 25.2. The predicted molar refractivity (Wildman–Crippen MR) is 262 cm³/mol. The average Bonchev–Trinajstić information content (AvgIpc) is 3.83. The molecule has 22 heteroatoms. The van der Waals surface area contributed by atoms with Gasteiger partial charge in [0.1, 0.15) is 22.8 Å². The molecule has 2 aromatic rings. The minimum atomic E-state index is -6.08. The SMILES string of the molecule is COC(=O)/C(C)=C\CC1(O)C(=O)C2CC(C(C)C)C13Oc1c(CC=C(C)C)c4c(c(OP(=O)(O)OP(=O)(O)OP(=O)(O)O)c1C15NCCN1C1=C(C(=O)c6ccccc61)C2C53)C=CC(C)(CCC=C(C)C)O4. The lowest BCUT2D eigenvalue weighted by Crippen LogP contribution is -2.86. The molecule has 8 aliphatic rings. The molecule has 4 aliphatic carbocycles. The minimum Gasteiger partial charge on any atom is -0.482 e. The fraction of sp³-hybridized carbons (Fsp3) is 0.500. The smallest absolute Gasteiger partial charge is 0.482 e. The van der Waals surface area contributed by atoms with Gasteiger partial charge in [-0.25, -0.2) is 18.5 Å². The molecule has 10 unspecified atom stereocenters. The van der Waals surface area contributed by atoms with Crippen LogP contribution in [0.2, 0.25) is 0 Å². The van der Waals surface area contributed by atoms with Gasteiger partial charge in [-0.15, -0.1) is 0 Å². The first-order valence-electron chi connectivity index (χ1n) is 23.9. The summed E-state index contributed by atoms with van der Waals surface area (Å²) in [4.78, 5) is 87.0. The first-order valence-corrected chi connectivity index (χ1v) is 28.4. The number of methoxy groups -OCH3 is 1. The lowest BCUT2D eigenvalue weighted by molar-refractivity contribution is -0.286. The number of carbonyl (C=O) groups excluding carboxylic acids is 3. The Hall–Kier alpha value is -4.48. The van der Waals surface area contributed by atoms with Crippen molar-refractivity contribution in [3.63, 3.8) is 0 Å². The number of nitrogens with zero attached hydrogens (tertiary/aromatic N) is 1. The van der Waals surface area contributed by atoms with E-state index in [0.29, 0.717) is 40.8 Å². The van der Waals surface area contributed by atoms with Crippen LogP contribution < -0.4 is 19.3 Å². The third-order valence-electron chi connectivity index (χ3n) is 15.5. The zero-order valence-corrected chi connectivity index (χ0v) is 44.1.